The van der Waals surface area contributed by atoms with Gasteiger partial charge in [0.25, 0.3) is 5.91 Å². The van der Waals surface area contributed by atoms with Crippen molar-refractivity contribution in [3.05, 3.63) is 46.5 Å². The predicted molar refractivity (Wildman–Crippen MR) is 107 cm³/mol. The van der Waals surface area contributed by atoms with Gasteiger partial charge in [0, 0.05) is 11.8 Å². The molecule has 28 heavy (non-hydrogen) atoms. The van der Waals surface area contributed by atoms with E-state index in [4.69, 9.17) is 21.7 Å². The van der Waals surface area contributed by atoms with Crippen LogP contribution in [0, 0.1) is 10.6 Å². The monoisotopic (exact) mass is 401 g/mol. The first kappa shape index (κ1) is 18.5. The number of H-pyrrole nitrogens is 2. The number of fused-ring (bicyclic) bond motifs is 1. The molecule has 4 rings (SSSR count). The van der Waals surface area contributed by atoms with Crippen LogP contribution in [-0.2, 0) is 0 Å². The first-order chi connectivity index (χ1) is 13.5. The van der Waals surface area contributed by atoms with Gasteiger partial charge in [-0.05, 0) is 62.2 Å². The molecule has 1 heterocycles. The van der Waals surface area contributed by atoms with Crippen LogP contribution in [-0.4, -0.2) is 29.1 Å². The van der Waals surface area contributed by atoms with Crippen molar-refractivity contribution in [1.82, 2.24) is 9.97 Å². The lowest BCUT2D eigenvalue weighted by Gasteiger charge is -2.17. The molecule has 2 aromatic carbocycles. The van der Waals surface area contributed by atoms with E-state index in [1.165, 1.54) is 12.1 Å². The number of amides is 1. The Morgan fingerprint density at radius 2 is 1.96 bits per heavy atom. The third-order valence-electron chi connectivity index (χ3n) is 4.85. The van der Waals surface area contributed by atoms with Gasteiger partial charge in [0.15, 0.2) is 16.3 Å². The van der Waals surface area contributed by atoms with Gasteiger partial charge in [-0.1, -0.05) is 0 Å². The molecule has 1 amide bonds. The summed E-state index contributed by atoms with van der Waals surface area (Å²) < 4.78 is 25.7. The first-order valence-corrected chi connectivity index (χ1v) is 9.52. The second kappa shape index (κ2) is 7.63. The summed E-state index contributed by atoms with van der Waals surface area (Å²) in [6.07, 6.45) is 4.47. The maximum atomic E-state index is 13.9. The van der Waals surface area contributed by atoms with Crippen molar-refractivity contribution in [1.29, 1.82) is 0 Å². The molecule has 1 aliphatic rings. The molecule has 8 heteroatoms. The lowest BCUT2D eigenvalue weighted by Crippen LogP contribution is -2.14. The van der Waals surface area contributed by atoms with Crippen molar-refractivity contribution in [2.24, 2.45) is 0 Å². The van der Waals surface area contributed by atoms with E-state index >= 15 is 0 Å². The van der Waals surface area contributed by atoms with Crippen LogP contribution in [0.1, 0.15) is 36.0 Å². The Labute approximate surface area is 166 Å². The van der Waals surface area contributed by atoms with Crippen LogP contribution >= 0.6 is 12.2 Å². The minimum Gasteiger partial charge on any atom is -0.493 e. The third kappa shape index (κ3) is 3.73. The Balaban J connectivity index is 1.62. The van der Waals surface area contributed by atoms with E-state index in [1.807, 2.05) is 0 Å². The van der Waals surface area contributed by atoms with E-state index in [1.54, 1.807) is 25.3 Å². The molecule has 0 radical (unpaired) electrons. The van der Waals surface area contributed by atoms with Gasteiger partial charge >= 0.3 is 0 Å². The highest BCUT2D eigenvalue weighted by Gasteiger charge is 2.20. The number of aromatic nitrogens is 2. The van der Waals surface area contributed by atoms with Gasteiger partial charge in [-0.25, -0.2) is 4.39 Å². The molecule has 0 bridgehead atoms. The summed E-state index contributed by atoms with van der Waals surface area (Å²) in [7, 11) is 1.58. The van der Waals surface area contributed by atoms with Crippen molar-refractivity contribution in [2.45, 2.75) is 31.8 Å². The smallest absolute Gasteiger partial charge is 0.257 e. The topological polar surface area (TPSA) is 79.1 Å². The van der Waals surface area contributed by atoms with E-state index < -0.39 is 11.7 Å². The lowest BCUT2D eigenvalue weighted by molar-refractivity contribution is 0.102. The van der Waals surface area contributed by atoms with Crippen molar-refractivity contribution >= 4 is 34.8 Å². The Kier molecular flexibility index (Phi) is 5.04. The minimum atomic E-state index is -0.525. The molecule has 1 aliphatic carbocycles. The van der Waals surface area contributed by atoms with Gasteiger partial charge in [-0.3, -0.25) is 4.79 Å². The van der Waals surface area contributed by atoms with Gasteiger partial charge in [-0.2, -0.15) is 0 Å². The fourth-order valence-corrected chi connectivity index (χ4v) is 3.73. The van der Waals surface area contributed by atoms with E-state index in [2.05, 4.69) is 15.3 Å². The zero-order valence-corrected chi connectivity index (χ0v) is 16.1. The zero-order chi connectivity index (χ0) is 19.7. The summed E-state index contributed by atoms with van der Waals surface area (Å²) in [6.45, 7) is 0. The van der Waals surface area contributed by atoms with Crippen LogP contribution in [0.5, 0.6) is 11.5 Å². The molecule has 1 saturated carbocycles. The maximum Gasteiger partial charge on any atom is 0.257 e. The highest BCUT2D eigenvalue weighted by Crippen LogP contribution is 2.34. The summed E-state index contributed by atoms with van der Waals surface area (Å²) in [4.78, 5) is 18.5. The molecule has 0 aliphatic heterocycles. The maximum absolute atomic E-state index is 13.9. The second-order valence-electron chi connectivity index (χ2n) is 6.80. The van der Waals surface area contributed by atoms with Gasteiger partial charge in [-0.15, -0.1) is 0 Å². The Morgan fingerprint density at radius 1 is 1.18 bits per heavy atom. The number of carbonyl (C=O) groups is 1. The zero-order valence-electron chi connectivity index (χ0n) is 15.3. The molecule has 3 N–H and O–H groups in total. The SMILES string of the molecule is COc1ccc(NC(=O)c2cc(F)cc3[nH]c(=S)[nH]c23)cc1OC1CCCC1. The van der Waals surface area contributed by atoms with Crippen LogP contribution in [0.4, 0.5) is 10.1 Å². The number of rotatable bonds is 5. The molecule has 0 atom stereocenters. The molecule has 1 aromatic heterocycles. The summed E-state index contributed by atoms with van der Waals surface area (Å²) in [5, 5.41) is 2.79. The number of hydrogen-bond donors (Lipinski definition) is 3. The number of halogens is 1. The molecular formula is C20H20FN3O3S. The van der Waals surface area contributed by atoms with Crippen molar-refractivity contribution in [2.75, 3.05) is 12.4 Å². The van der Waals surface area contributed by atoms with Crippen LogP contribution in [0.15, 0.2) is 30.3 Å². The second-order valence-corrected chi connectivity index (χ2v) is 7.21. The summed E-state index contributed by atoms with van der Waals surface area (Å²) >= 11 is 5.05. The van der Waals surface area contributed by atoms with Crippen LogP contribution < -0.4 is 14.8 Å². The normalized spacial score (nSPS) is 14.4. The Bertz CT molecular complexity index is 1090. The Hall–Kier alpha value is -2.87. The fraction of sp³-hybridized carbons (Fsp3) is 0.300. The number of benzene rings is 2. The summed E-state index contributed by atoms with van der Waals surface area (Å²) in [5.74, 6) is 0.208. The molecule has 1 fully saturated rings. The first-order valence-electron chi connectivity index (χ1n) is 9.11. The number of ether oxygens (including phenoxy) is 2. The molecule has 0 unspecified atom stereocenters. The average Bonchev–Trinajstić information content (AvgIpc) is 3.29. The van der Waals surface area contributed by atoms with Gasteiger partial charge < -0.3 is 24.8 Å². The van der Waals surface area contributed by atoms with Crippen LogP contribution in [0.25, 0.3) is 11.0 Å². The summed E-state index contributed by atoms with van der Waals surface area (Å²) in [6, 6.07) is 7.65. The highest BCUT2D eigenvalue weighted by molar-refractivity contribution is 7.71. The fourth-order valence-electron chi connectivity index (χ4n) is 3.52. The Morgan fingerprint density at radius 3 is 2.71 bits per heavy atom. The molecule has 146 valence electrons. The number of imidazole rings is 1. The standard InChI is InChI=1S/C20H20FN3O3S/c1-26-16-7-6-12(10-17(16)27-13-4-2-3-5-13)22-19(25)14-8-11(21)9-15-18(14)24-20(28)23-15/h6-10,13H,2-5H2,1H3,(H,22,25)(H2,23,24,28). The average molecular weight is 401 g/mol. The van der Waals surface area contributed by atoms with Crippen molar-refractivity contribution in [3.63, 3.8) is 0 Å². The molecule has 6 nitrogen and oxygen atoms in total. The third-order valence-corrected chi connectivity index (χ3v) is 5.06. The quantitative estimate of drug-likeness (QED) is 0.529. The van der Waals surface area contributed by atoms with E-state index in [-0.39, 0.29) is 11.7 Å². The number of nitrogens with one attached hydrogen (secondary N) is 3. The lowest BCUT2D eigenvalue weighted by atomic mass is 10.1. The van der Waals surface area contributed by atoms with Crippen molar-refractivity contribution in [3.8, 4) is 11.5 Å². The van der Waals surface area contributed by atoms with Crippen LogP contribution in [0.3, 0.4) is 0 Å². The largest absolute Gasteiger partial charge is 0.493 e. The number of carbonyl (C=O) groups excluding carboxylic acids is 1. The highest BCUT2D eigenvalue weighted by atomic mass is 32.1. The number of anilines is 1. The number of methoxy groups -OCH3 is 1. The number of aromatic amines is 2. The predicted octanol–water partition coefficient (Wildman–Crippen LogP) is 4.95. The van der Waals surface area contributed by atoms with Crippen molar-refractivity contribution < 1.29 is 18.7 Å². The molecule has 3 aromatic rings. The van der Waals surface area contributed by atoms with Gasteiger partial charge in [0.1, 0.15) is 5.82 Å². The van der Waals surface area contributed by atoms with E-state index in [0.29, 0.717) is 33.0 Å². The van der Waals surface area contributed by atoms with Gasteiger partial charge in [0.05, 0.1) is 29.8 Å². The number of hydrogen-bond acceptors (Lipinski definition) is 4. The molecule has 0 saturated heterocycles. The van der Waals surface area contributed by atoms with Crippen LogP contribution in [0.2, 0.25) is 0 Å². The minimum absolute atomic E-state index is 0.155. The van der Waals surface area contributed by atoms with E-state index in [9.17, 15) is 9.18 Å². The molecular weight excluding hydrogens is 381 g/mol. The van der Waals surface area contributed by atoms with E-state index in [0.717, 1.165) is 25.7 Å². The molecule has 0 spiro atoms. The summed E-state index contributed by atoms with van der Waals surface area (Å²) in [5.41, 5.74) is 1.59. The van der Waals surface area contributed by atoms with Gasteiger partial charge in [0.2, 0.25) is 0 Å².